The van der Waals surface area contributed by atoms with Crippen molar-refractivity contribution in [2.45, 2.75) is 25.4 Å². The number of hydrogen-bond donors (Lipinski definition) is 1. The van der Waals surface area contributed by atoms with Crippen LogP contribution in [0.15, 0.2) is 48.5 Å². The number of nitrogens with one attached hydrogen (secondary N) is 1. The standard InChI is InChI=1S/C19H21N3O/c1-23-15-10-8-14(9-11-15)18-7-4-12-22(18)13-19-20-16-5-2-3-6-17(16)21-19/h2-3,5-6,8-11,18H,4,7,12-13H2,1H3,(H,20,21)/t18-/m0/s1. The van der Waals surface area contributed by atoms with Gasteiger partial charge in [0.15, 0.2) is 0 Å². The Bertz CT molecular complexity index is 761. The van der Waals surface area contributed by atoms with Gasteiger partial charge in [-0.15, -0.1) is 0 Å². The zero-order chi connectivity index (χ0) is 15.6. The molecule has 2 aromatic carbocycles. The molecule has 0 radical (unpaired) electrons. The average molecular weight is 307 g/mol. The van der Waals surface area contributed by atoms with E-state index in [1.807, 2.05) is 24.3 Å². The molecule has 2 heterocycles. The van der Waals surface area contributed by atoms with Crippen LogP contribution >= 0.6 is 0 Å². The summed E-state index contributed by atoms with van der Waals surface area (Å²) in [4.78, 5) is 10.7. The minimum atomic E-state index is 0.467. The van der Waals surface area contributed by atoms with Gasteiger partial charge >= 0.3 is 0 Å². The van der Waals surface area contributed by atoms with Crippen LogP contribution < -0.4 is 4.74 Å². The zero-order valence-corrected chi connectivity index (χ0v) is 13.3. The zero-order valence-electron chi connectivity index (χ0n) is 13.3. The van der Waals surface area contributed by atoms with Crippen molar-refractivity contribution < 1.29 is 4.74 Å². The number of aromatic amines is 1. The smallest absolute Gasteiger partial charge is 0.121 e. The van der Waals surface area contributed by atoms with Gasteiger partial charge in [-0.3, -0.25) is 4.90 Å². The Balaban J connectivity index is 1.54. The first-order valence-corrected chi connectivity index (χ1v) is 8.15. The van der Waals surface area contributed by atoms with Gasteiger partial charge in [-0.05, 0) is 49.2 Å². The lowest BCUT2D eigenvalue weighted by Gasteiger charge is -2.24. The fraction of sp³-hybridized carbons (Fsp3) is 0.316. The summed E-state index contributed by atoms with van der Waals surface area (Å²) in [5.74, 6) is 1.96. The molecule has 1 N–H and O–H groups in total. The Morgan fingerprint density at radius 3 is 2.78 bits per heavy atom. The lowest BCUT2D eigenvalue weighted by atomic mass is 10.0. The van der Waals surface area contributed by atoms with Crippen molar-refractivity contribution in [1.29, 1.82) is 0 Å². The third-order valence-electron chi connectivity index (χ3n) is 4.66. The van der Waals surface area contributed by atoms with Crippen molar-refractivity contribution in [1.82, 2.24) is 14.9 Å². The van der Waals surface area contributed by atoms with Gasteiger partial charge < -0.3 is 9.72 Å². The molecule has 0 saturated carbocycles. The molecule has 4 rings (SSSR count). The summed E-state index contributed by atoms with van der Waals surface area (Å²) in [5.41, 5.74) is 3.52. The number of nitrogens with zero attached hydrogens (tertiary/aromatic N) is 2. The predicted molar refractivity (Wildman–Crippen MR) is 91.5 cm³/mol. The molecule has 23 heavy (non-hydrogen) atoms. The minimum Gasteiger partial charge on any atom is -0.497 e. The van der Waals surface area contributed by atoms with Crippen molar-refractivity contribution in [3.05, 3.63) is 59.9 Å². The highest BCUT2D eigenvalue weighted by Crippen LogP contribution is 2.33. The molecule has 1 aliphatic rings. The van der Waals surface area contributed by atoms with Crippen LogP contribution in [0.3, 0.4) is 0 Å². The van der Waals surface area contributed by atoms with Crippen LogP contribution in [0.4, 0.5) is 0 Å². The Labute approximate surface area is 136 Å². The molecule has 0 spiro atoms. The summed E-state index contributed by atoms with van der Waals surface area (Å²) < 4.78 is 5.26. The number of H-pyrrole nitrogens is 1. The van der Waals surface area contributed by atoms with Gasteiger partial charge in [0.05, 0.1) is 24.7 Å². The first-order valence-electron chi connectivity index (χ1n) is 8.15. The Kier molecular flexibility index (Phi) is 3.75. The number of aromatic nitrogens is 2. The molecular weight excluding hydrogens is 286 g/mol. The number of fused-ring (bicyclic) bond motifs is 1. The average Bonchev–Trinajstić information content (AvgIpc) is 3.21. The lowest BCUT2D eigenvalue weighted by molar-refractivity contribution is 0.243. The normalized spacial score (nSPS) is 18.6. The van der Waals surface area contributed by atoms with Crippen LogP contribution in [-0.2, 0) is 6.54 Å². The third kappa shape index (κ3) is 2.82. The van der Waals surface area contributed by atoms with Crippen molar-refractivity contribution in [2.75, 3.05) is 13.7 Å². The maximum absolute atomic E-state index is 5.26. The van der Waals surface area contributed by atoms with Gasteiger partial charge in [-0.1, -0.05) is 24.3 Å². The molecule has 1 aliphatic heterocycles. The molecule has 1 saturated heterocycles. The third-order valence-corrected chi connectivity index (χ3v) is 4.66. The van der Waals surface area contributed by atoms with E-state index in [4.69, 9.17) is 9.72 Å². The predicted octanol–water partition coefficient (Wildman–Crippen LogP) is 3.91. The van der Waals surface area contributed by atoms with Crippen molar-refractivity contribution >= 4 is 11.0 Å². The molecule has 0 bridgehead atoms. The molecule has 0 amide bonds. The number of ether oxygens (including phenoxy) is 1. The molecule has 1 aromatic heterocycles. The van der Waals surface area contributed by atoms with E-state index in [0.29, 0.717) is 6.04 Å². The number of para-hydroxylation sites is 2. The van der Waals surface area contributed by atoms with Gasteiger partial charge in [0.25, 0.3) is 0 Å². The maximum Gasteiger partial charge on any atom is 0.121 e. The van der Waals surface area contributed by atoms with Crippen LogP contribution in [-0.4, -0.2) is 28.5 Å². The molecule has 3 aromatic rings. The highest BCUT2D eigenvalue weighted by atomic mass is 16.5. The SMILES string of the molecule is COc1ccc([C@@H]2CCCN2Cc2nc3ccccc3[nH]2)cc1. The van der Waals surface area contributed by atoms with Gasteiger partial charge in [-0.25, -0.2) is 4.98 Å². The van der Waals surface area contributed by atoms with E-state index in [0.717, 1.165) is 35.7 Å². The lowest BCUT2D eigenvalue weighted by Crippen LogP contribution is -2.23. The first kappa shape index (κ1) is 14.3. The molecular formula is C19H21N3O. The quantitative estimate of drug-likeness (QED) is 0.794. The Morgan fingerprint density at radius 1 is 1.17 bits per heavy atom. The fourth-order valence-electron chi connectivity index (χ4n) is 3.49. The molecule has 1 fully saturated rings. The first-order chi connectivity index (χ1) is 11.3. The molecule has 1 atom stereocenters. The van der Waals surface area contributed by atoms with Crippen LogP contribution in [0.25, 0.3) is 11.0 Å². The topological polar surface area (TPSA) is 41.1 Å². The number of imidazole rings is 1. The van der Waals surface area contributed by atoms with Gasteiger partial charge in [0.2, 0.25) is 0 Å². The van der Waals surface area contributed by atoms with E-state index >= 15 is 0 Å². The van der Waals surface area contributed by atoms with Crippen LogP contribution in [0.1, 0.15) is 30.3 Å². The summed E-state index contributed by atoms with van der Waals surface area (Å²) in [5, 5.41) is 0. The largest absolute Gasteiger partial charge is 0.497 e. The summed E-state index contributed by atoms with van der Waals surface area (Å²) in [6.07, 6.45) is 2.43. The monoisotopic (exact) mass is 307 g/mol. The van der Waals surface area contributed by atoms with Crippen molar-refractivity contribution in [3.63, 3.8) is 0 Å². The summed E-state index contributed by atoms with van der Waals surface area (Å²) >= 11 is 0. The summed E-state index contributed by atoms with van der Waals surface area (Å²) in [7, 11) is 1.71. The Morgan fingerprint density at radius 2 is 2.00 bits per heavy atom. The number of likely N-dealkylation sites (tertiary alicyclic amines) is 1. The number of methoxy groups -OCH3 is 1. The van der Waals surface area contributed by atoms with E-state index in [1.54, 1.807) is 7.11 Å². The number of hydrogen-bond acceptors (Lipinski definition) is 3. The second-order valence-electron chi connectivity index (χ2n) is 6.10. The van der Waals surface area contributed by atoms with E-state index in [-0.39, 0.29) is 0 Å². The second-order valence-corrected chi connectivity index (χ2v) is 6.10. The summed E-state index contributed by atoms with van der Waals surface area (Å²) in [6.45, 7) is 1.99. The van der Waals surface area contributed by atoms with E-state index in [9.17, 15) is 0 Å². The van der Waals surface area contributed by atoms with E-state index < -0.39 is 0 Å². The maximum atomic E-state index is 5.26. The molecule has 0 aliphatic carbocycles. The number of benzene rings is 2. The van der Waals surface area contributed by atoms with Crippen LogP contribution in [0.5, 0.6) is 5.75 Å². The van der Waals surface area contributed by atoms with Crippen molar-refractivity contribution in [2.24, 2.45) is 0 Å². The number of rotatable bonds is 4. The molecule has 0 unspecified atom stereocenters. The highest BCUT2D eigenvalue weighted by Gasteiger charge is 2.26. The second kappa shape index (κ2) is 6.05. The Hall–Kier alpha value is -2.33. The van der Waals surface area contributed by atoms with Gasteiger partial charge in [0, 0.05) is 6.04 Å². The van der Waals surface area contributed by atoms with E-state index in [1.165, 1.54) is 18.4 Å². The van der Waals surface area contributed by atoms with Crippen LogP contribution in [0, 0.1) is 0 Å². The van der Waals surface area contributed by atoms with Crippen LogP contribution in [0.2, 0.25) is 0 Å². The highest BCUT2D eigenvalue weighted by molar-refractivity contribution is 5.74. The van der Waals surface area contributed by atoms with Gasteiger partial charge in [0.1, 0.15) is 11.6 Å². The fourth-order valence-corrected chi connectivity index (χ4v) is 3.49. The molecule has 4 heteroatoms. The minimum absolute atomic E-state index is 0.467. The summed E-state index contributed by atoms with van der Waals surface area (Å²) in [6, 6.07) is 17.1. The van der Waals surface area contributed by atoms with Gasteiger partial charge in [-0.2, -0.15) is 0 Å². The molecule has 4 nitrogen and oxygen atoms in total. The van der Waals surface area contributed by atoms with Crippen molar-refractivity contribution in [3.8, 4) is 5.75 Å². The van der Waals surface area contributed by atoms with E-state index in [2.05, 4.69) is 34.1 Å². The molecule has 118 valence electrons.